The first-order valence-corrected chi connectivity index (χ1v) is 5.87. The molecule has 62 valence electrons. The summed E-state index contributed by atoms with van der Waals surface area (Å²) in [4.78, 5) is 0. The molecule has 0 aliphatic heterocycles. The Bertz CT molecular complexity index is 204. The van der Waals surface area contributed by atoms with Crippen LogP contribution in [-0.2, 0) is 0 Å². The van der Waals surface area contributed by atoms with E-state index in [1.54, 1.807) is 0 Å². The second-order valence-electron chi connectivity index (χ2n) is 2.82. The number of hydrogen-bond donors (Lipinski definition) is 0. The SMILES string of the molecule is C/C=C(\Br)C1=CC[C@H]1[C@H](C)I. The molecule has 0 saturated heterocycles. The van der Waals surface area contributed by atoms with Gasteiger partial charge in [-0.1, -0.05) is 57.6 Å². The molecule has 2 atom stereocenters. The summed E-state index contributed by atoms with van der Waals surface area (Å²) < 4.78 is 2.03. The quantitative estimate of drug-likeness (QED) is 0.530. The Labute approximate surface area is 90.4 Å². The van der Waals surface area contributed by atoms with Gasteiger partial charge in [-0.2, -0.15) is 0 Å². The zero-order valence-corrected chi connectivity index (χ0v) is 10.5. The second-order valence-corrected chi connectivity index (χ2v) is 5.63. The molecule has 0 aromatic heterocycles. The zero-order valence-electron chi connectivity index (χ0n) is 6.77. The van der Waals surface area contributed by atoms with Crippen LogP contribution in [0.15, 0.2) is 22.2 Å². The van der Waals surface area contributed by atoms with Crippen molar-refractivity contribution in [1.82, 2.24) is 0 Å². The van der Waals surface area contributed by atoms with Crippen LogP contribution in [-0.4, -0.2) is 3.92 Å². The van der Waals surface area contributed by atoms with Crippen molar-refractivity contribution in [2.75, 3.05) is 0 Å². The molecule has 0 heterocycles. The molecule has 0 amide bonds. The van der Waals surface area contributed by atoms with Crippen LogP contribution in [0.4, 0.5) is 0 Å². The van der Waals surface area contributed by atoms with Gasteiger partial charge in [0.05, 0.1) is 0 Å². The van der Waals surface area contributed by atoms with E-state index in [9.17, 15) is 0 Å². The summed E-state index contributed by atoms with van der Waals surface area (Å²) in [6.45, 7) is 4.34. The average molecular weight is 327 g/mol. The maximum Gasteiger partial charge on any atom is 0.0164 e. The molecular formula is C9H12BrI. The van der Waals surface area contributed by atoms with Crippen LogP contribution >= 0.6 is 38.5 Å². The minimum Gasteiger partial charge on any atom is -0.0822 e. The number of rotatable bonds is 2. The highest BCUT2D eigenvalue weighted by molar-refractivity contribution is 14.1. The first-order chi connectivity index (χ1) is 5.16. The van der Waals surface area contributed by atoms with E-state index in [0.717, 1.165) is 9.84 Å². The Balaban J connectivity index is 2.64. The van der Waals surface area contributed by atoms with Gasteiger partial charge in [0.25, 0.3) is 0 Å². The summed E-state index contributed by atoms with van der Waals surface area (Å²) in [6, 6.07) is 0. The average Bonchev–Trinajstić information content (AvgIpc) is 1.83. The van der Waals surface area contributed by atoms with Crippen LogP contribution in [0.25, 0.3) is 0 Å². The minimum absolute atomic E-state index is 0.750. The van der Waals surface area contributed by atoms with Crippen molar-refractivity contribution in [3.63, 3.8) is 0 Å². The van der Waals surface area contributed by atoms with Gasteiger partial charge in [-0.25, -0.2) is 0 Å². The molecule has 0 spiro atoms. The fourth-order valence-corrected chi connectivity index (χ4v) is 2.38. The number of halogens is 2. The highest BCUT2D eigenvalue weighted by Crippen LogP contribution is 2.40. The number of allylic oxidation sites excluding steroid dienone is 4. The number of alkyl halides is 1. The minimum atomic E-state index is 0.750. The Morgan fingerprint density at radius 1 is 1.91 bits per heavy atom. The normalized spacial score (nSPS) is 27.5. The lowest BCUT2D eigenvalue weighted by atomic mass is 9.82. The molecular weight excluding hydrogens is 315 g/mol. The maximum atomic E-state index is 3.55. The lowest BCUT2D eigenvalue weighted by molar-refractivity contribution is 0.586. The van der Waals surface area contributed by atoms with E-state index in [2.05, 4.69) is 64.5 Å². The summed E-state index contributed by atoms with van der Waals surface area (Å²) in [7, 11) is 0. The molecule has 0 nitrogen and oxygen atoms in total. The van der Waals surface area contributed by atoms with Crippen molar-refractivity contribution in [3.8, 4) is 0 Å². The van der Waals surface area contributed by atoms with E-state index in [1.165, 1.54) is 16.5 Å². The molecule has 0 bridgehead atoms. The van der Waals surface area contributed by atoms with Crippen LogP contribution < -0.4 is 0 Å². The van der Waals surface area contributed by atoms with Gasteiger partial charge >= 0.3 is 0 Å². The molecule has 0 saturated carbocycles. The van der Waals surface area contributed by atoms with Crippen molar-refractivity contribution in [3.05, 3.63) is 22.2 Å². The van der Waals surface area contributed by atoms with Gasteiger partial charge in [0.1, 0.15) is 0 Å². The molecule has 0 fully saturated rings. The van der Waals surface area contributed by atoms with E-state index >= 15 is 0 Å². The predicted molar refractivity (Wildman–Crippen MR) is 62.4 cm³/mol. The second kappa shape index (κ2) is 4.08. The van der Waals surface area contributed by atoms with E-state index in [4.69, 9.17) is 0 Å². The smallest absolute Gasteiger partial charge is 0.0164 e. The van der Waals surface area contributed by atoms with Crippen molar-refractivity contribution < 1.29 is 0 Å². The van der Waals surface area contributed by atoms with Gasteiger partial charge in [0, 0.05) is 8.41 Å². The van der Waals surface area contributed by atoms with E-state index < -0.39 is 0 Å². The molecule has 1 aliphatic rings. The van der Waals surface area contributed by atoms with E-state index in [0.29, 0.717) is 0 Å². The molecule has 0 N–H and O–H groups in total. The van der Waals surface area contributed by atoms with Crippen molar-refractivity contribution in [2.45, 2.75) is 24.2 Å². The summed E-state index contributed by atoms with van der Waals surface area (Å²) in [5.74, 6) is 0.779. The first-order valence-electron chi connectivity index (χ1n) is 3.83. The lowest BCUT2D eigenvalue weighted by Gasteiger charge is -2.29. The molecule has 2 heteroatoms. The Kier molecular flexibility index (Phi) is 3.62. The maximum absolute atomic E-state index is 3.55. The molecule has 11 heavy (non-hydrogen) atoms. The zero-order chi connectivity index (χ0) is 8.43. The van der Waals surface area contributed by atoms with Crippen LogP contribution in [0.2, 0.25) is 0 Å². The van der Waals surface area contributed by atoms with Crippen LogP contribution in [0.1, 0.15) is 20.3 Å². The van der Waals surface area contributed by atoms with Crippen LogP contribution in [0, 0.1) is 5.92 Å². The van der Waals surface area contributed by atoms with Gasteiger partial charge in [-0.15, -0.1) is 0 Å². The number of hydrogen-bond acceptors (Lipinski definition) is 0. The van der Waals surface area contributed by atoms with E-state index in [-0.39, 0.29) is 0 Å². The Morgan fingerprint density at radius 3 is 2.82 bits per heavy atom. The Hall–Kier alpha value is 0.690. The third-order valence-corrected chi connectivity index (χ3v) is 3.86. The van der Waals surface area contributed by atoms with E-state index in [1.807, 2.05) is 0 Å². The predicted octanol–water partition coefficient (Wildman–Crippen LogP) is 4.05. The largest absolute Gasteiger partial charge is 0.0822 e. The van der Waals surface area contributed by atoms with Gasteiger partial charge < -0.3 is 0 Å². The standard InChI is InChI=1S/C9H12BrI/c1-3-9(10)8-5-4-7(8)6(2)11/h3,5-7H,4H2,1-2H3/b9-3-/t6-,7-/m0/s1. The lowest BCUT2D eigenvalue weighted by Crippen LogP contribution is -2.20. The summed E-state index contributed by atoms with van der Waals surface area (Å²) >= 11 is 6.05. The molecule has 0 unspecified atom stereocenters. The van der Waals surface area contributed by atoms with Gasteiger partial charge in [0.2, 0.25) is 0 Å². The summed E-state index contributed by atoms with van der Waals surface area (Å²) in [6.07, 6.45) is 5.68. The Morgan fingerprint density at radius 2 is 2.55 bits per heavy atom. The molecule has 1 aliphatic carbocycles. The third-order valence-electron chi connectivity index (χ3n) is 2.07. The monoisotopic (exact) mass is 326 g/mol. The van der Waals surface area contributed by atoms with Crippen molar-refractivity contribution >= 4 is 38.5 Å². The molecule has 0 aromatic rings. The summed E-state index contributed by atoms with van der Waals surface area (Å²) in [5, 5.41) is 0. The van der Waals surface area contributed by atoms with Gasteiger partial charge in [-0.3, -0.25) is 0 Å². The fourth-order valence-electron chi connectivity index (χ4n) is 1.25. The highest BCUT2D eigenvalue weighted by Gasteiger charge is 2.26. The topological polar surface area (TPSA) is 0 Å². The van der Waals surface area contributed by atoms with Gasteiger partial charge in [0.15, 0.2) is 0 Å². The first kappa shape index (κ1) is 9.78. The fraction of sp³-hybridized carbons (Fsp3) is 0.556. The van der Waals surface area contributed by atoms with Crippen molar-refractivity contribution in [2.24, 2.45) is 5.92 Å². The van der Waals surface area contributed by atoms with Crippen LogP contribution in [0.5, 0.6) is 0 Å². The van der Waals surface area contributed by atoms with Crippen molar-refractivity contribution in [1.29, 1.82) is 0 Å². The third kappa shape index (κ3) is 2.08. The highest BCUT2D eigenvalue weighted by atomic mass is 127. The summed E-state index contributed by atoms with van der Waals surface area (Å²) in [5.41, 5.74) is 1.49. The van der Waals surface area contributed by atoms with Crippen LogP contribution in [0.3, 0.4) is 0 Å². The molecule has 0 aromatic carbocycles. The molecule has 1 rings (SSSR count). The molecule has 0 radical (unpaired) electrons. The van der Waals surface area contributed by atoms with Gasteiger partial charge in [-0.05, 0) is 24.8 Å².